The van der Waals surface area contributed by atoms with Crippen LogP contribution in [0.2, 0.25) is 0 Å². The van der Waals surface area contributed by atoms with Gasteiger partial charge in [-0.05, 0) is 24.0 Å². The number of hydrogen-bond acceptors (Lipinski definition) is 8. The SMILES string of the molecule is Cn1cnc2ncn(Cc3nc(C4C5CN(c6ccccc6C#N)C[C@@H]54)no3)c(=O)c21. The number of benzene rings is 1. The third kappa shape index (κ3) is 2.73. The summed E-state index contributed by atoms with van der Waals surface area (Å²) in [4.78, 5) is 27.8. The molecule has 1 saturated heterocycles. The molecule has 10 heteroatoms. The first-order valence-corrected chi connectivity index (χ1v) is 10.1. The molecule has 31 heavy (non-hydrogen) atoms. The number of nitriles is 1. The lowest BCUT2D eigenvalue weighted by molar-refractivity contribution is 0.363. The van der Waals surface area contributed by atoms with E-state index in [0.717, 1.165) is 18.8 Å². The van der Waals surface area contributed by atoms with Crippen molar-refractivity contribution in [1.29, 1.82) is 5.26 Å². The van der Waals surface area contributed by atoms with Crippen LogP contribution < -0.4 is 10.5 Å². The number of aryl methyl sites for hydroxylation is 1. The quantitative estimate of drug-likeness (QED) is 0.490. The summed E-state index contributed by atoms with van der Waals surface area (Å²) in [5.41, 5.74) is 2.36. The molecule has 10 nitrogen and oxygen atoms in total. The maximum Gasteiger partial charge on any atom is 0.280 e. The Morgan fingerprint density at radius 1 is 1.19 bits per heavy atom. The normalized spacial score (nSPS) is 21.9. The Labute approximate surface area is 176 Å². The molecule has 3 atom stereocenters. The summed E-state index contributed by atoms with van der Waals surface area (Å²) in [6.45, 7) is 1.92. The van der Waals surface area contributed by atoms with E-state index in [4.69, 9.17) is 4.52 Å². The smallest absolute Gasteiger partial charge is 0.280 e. The van der Waals surface area contributed by atoms with Gasteiger partial charge in [0, 0.05) is 26.1 Å². The first-order chi connectivity index (χ1) is 15.1. The summed E-state index contributed by atoms with van der Waals surface area (Å²) in [5.74, 6) is 2.25. The summed E-state index contributed by atoms with van der Waals surface area (Å²) in [5, 5.41) is 13.5. The summed E-state index contributed by atoms with van der Waals surface area (Å²) < 4.78 is 8.54. The van der Waals surface area contributed by atoms with E-state index in [1.54, 1.807) is 17.9 Å². The fourth-order valence-electron chi connectivity index (χ4n) is 4.75. The molecule has 1 saturated carbocycles. The van der Waals surface area contributed by atoms with Crippen molar-refractivity contribution in [2.75, 3.05) is 18.0 Å². The van der Waals surface area contributed by atoms with E-state index in [0.29, 0.717) is 40.3 Å². The third-order valence-corrected chi connectivity index (χ3v) is 6.35. The Hall–Kier alpha value is -4.00. The summed E-state index contributed by atoms with van der Waals surface area (Å²) in [7, 11) is 1.76. The zero-order valence-electron chi connectivity index (χ0n) is 16.7. The summed E-state index contributed by atoms with van der Waals surface area (Å²) in [6, 6.07) is 9.96. The van der Waals surface area contributed by atoms with Crippen LogP contribution in [0.5, 0.6) is 0 Å². The zero-order valence-corrected chi connectivity index (χ0v) is 16.7. The van der Waals surface area contributed by atoms with Crippen LogP contribution in [0, 0.1) is 23.2 Å². The van der Waals surface area contributed by atoms with Gasteiger partial charge in [-0.3, -0.25) is 9.36 Å². The standard InChI is InChI=1S/C21H18N8O2/c1-27-10-23-20-18(27)21(30)29(11-24-20)9-16-25-19(26-31-16)17-13-7-28(8-14(13)17)15-5-3-2-4-12(15)6-22/h2-5,10-11,13-14,17H,7-9H2,1H3/t13-,14?,17?/m0/s1. The van der Waals surface area contributed by atoms with Crippen molar-refractivity contribution < 1.29 is 4.52 Å². The minimum absolute atomic E-state index is 0.170. The maximum atomic E-state index is 12.7. The van der Waals surface area contributed by atoms with Crippen LogP contribution in [0.1, 0.15) is 23.2 Å². The van der Waals surface area contributed by atoms with Gasteiger partial charge in [-0.25, -0.2) is 9.97 Å². The number of rotatable bonds is 4. The lowest BCUT2D eigenvalue weighted by Crippen LogP contribution is -2.24. The van der Waals surface area contributed by atoms with E-state index in [2.05, 4.69) is 31.1 Å². The van der Waals surface area contributed by atoms with Crippen molar-refractivity contribution in [2.24, 2.45) is 18.9 Å². The van der Waals surface area contributed by atoms with Crippen LogP contribution in [0.25, 0.3) is 11.2 Å². The number of para-hydroxylation sites is 1. The Morgan fingerprint density at radius 2 is 1.97 bits per heavy atom. The highest BCUT2D eigenvalue weighted by Gasteiger charge is 2.58. The molecule has 2 aliphatic rings. The highest BCUT2D eigenvalue weighted by atomic mass is 16.5. The summed E-state index contributed by atoms with van der Waals surface area (Å²) in [6.07, 6.45) is 3.02. The van der Waals surface area contributed by atoms with Gasteiger partial charge >= 0.3 is 0 Å². The molecule has 1 aliphatic heterocycles. The fourth-order valence-corrected chi connectivity index (χ4v) is 4.75. The zero-order chi connectivity index (χ0) is 21.1. The molecular formula is C21H18N8O2. The molecule has 6 rings (SSSR count). The van der Waals surface area contributed by atoms with E-state index in [-0.39, 0.29) is 18.0 Å². The minimum Gasteiger partial charge on any atom is -0.370 e. The Bertz CT molecular complexity index is 1400. The molecule has 2 unspecified atom stereocenters. The van der Waals surface area contributed by atoms with Crippen molar-refractivity contribution in [1.82, 2.24) is 29.2 Å². The predicted octanol–water partition coefficient (Wildman–Crippen LogP) is 1.28. The second-order valence-electron chi connectivity index (χ2n) is 8.14. The van der Waals surface area contributed by atoms with E-state index in [1.807, 2.05) is 24.3 Å². The molecule has 0 N–H and O–H groups in total. The van der Waals surface area contributed by atoms with Gasteiger partial charge in [0.15, 0.2) is 17.0 Å². The van der Waals surface area contributed by atoms with Crippen molar-refractivity contribution in [3.63, 3.8) is 0 Å². The molecular weight excluding hydrogens is 396 g/mol. The molecule has 1 aromatic carbocycles. The topological polar surface area (TPSA) is 119 Å². The Morgan fingerprint density at radius 3 is 2.77 bits per heavy atom. The monoisotopic (exact) mass is 414 g/mol. The van der Waals surface area contributed by atoms with Crippen molar-refractivity contribution >= 4 is 16.9 Å². The third-order valence-electron chi connectivity index (χ3n) is 6.35. The molecule has 154 valence electrons. The van der Waals surface area contributed by atoms with Gasteiger partial charge in [0.1, 0.15) is 18.9 Å². The number of hydrogen-bond donors (Lipinski definition) is 0. The van der Waals surface area contributed by atoms with Crippen molar-refractivity contribution in [3.05, 3.63) is 64.6 Å². The second-order valence-corrected chi connectivity index (χ2v) is 8.14. The van der Waals surface area contributed by atoms with Crippen LogP contribution in [0.3, 0.4) is 0 Å². The van der Waals surface area contributed by atoms with Crippen LogP contribution in [0.15, 0.2) is 46.2 Å². The van der Waals surface area contributed by atoms with Gasteiger partial charge in [-0.1, -0.05) is 17.3 Å². The molecule has 0 amide bonds. The highest BCUT2D eigenvalue weighted by molar-refractivity contribution is 5.68. The highest BCUT2D eigenvalue weighted by Crippen LogP contribution is 2.58. The number of imidazole rings is 1. The van der Waals surface area contributed by atoms with E-state index in [1.165, 1.54) is 10.9 Å². The van der Waals surface area contributed by atoms with Crippen LogP contribution in [-0.2, 0) is 13.6 Å². The number of anilines is 1. The first-order valence-electron chi connectivity index (χ1n) is 10.1. The molecule has 0 bridgehead atoms. The molecule has 1 aliphatic carbocycles. The van der Waals surface area contributed by atoms with Crippen molar-refractivity contribution in [3.8, 4) is 6.07 Å². The van der Waals surface area contributed by atoms with Crippen molar-refractivity contribution in [2.45, 2.75) is 12.5 Å². The average Bonchev–Trinajstić information content (AvgIpc) is 3.21. The fraction of sp³-hybridized carbons (Fsp3) is 0.333. The van der Waals surface area contributed by atoms with E-state index < -0.39 is 0 Å². The molecule has 0 radical (unpaired) electrons. The van der Waals surface area contributed by atoms with Gasteiger partial charge in [-0.2, -0.15) is 10.2 Å². The molecule has 2 fully saturated rings. The average molecular weight is 414 g/mol. The molecule has 4 aromatic rings. The lowest BCUT2D eigenvalue weighted by Gasteiger charge is -2.22. The Balaban J connectivity index is 1.17. The van der Waals surface area contributed by atoms with Gasteiger partial charge in [-0.15, -0.1) is 0 Å². The number of fused-ring (bicyclic) bond motifs is 2. The number of nitrogens with zero attached hydrogens (tertiary/aromatic N) is 8. The van der Waals surface area contributed by atoms with Crippen LogP contribution in [0.4, 0.5) is 5.69 Å². The van der Waals surface area contributed by atoms with Crippen LogP contribution in [-0.4, -0.2) is 42.3 Å². The molecule has 4 heterocycles. The van der Waals surface area contributed by atoms with E-state index in [9.17, 15) is 10.1 Å². The van der Waals surface area contributed by atoms with Gasteiger partial charge in [0.25, 0.3) is 5.56 Å². The summed E-state index contributed by atoms with van der Waals surface area (Å²) >= 11 is 0. The van der Waals surface area contributed by atoms with Gasteiger partial charge in [0.2, 0.25) is 5.89 Å². The first kappa shape index (κ1) is 17.8. The molecule has 3 aromatic heterocycles. The second kappa shape index (κ2) is 6.50. The minimum atomic E-state index is -0.195. The van der Waals surface area contributed by atoms with Crippen LogP contribution >= 0.6 is 0 Å². The number of piperidine rings is 1. The predicted molar refractivity (Wildman–Crippen MR) is 109 cm³/mol. The van der Waals surface area contributed by atoms with Gasteiger partial charge < -0.3 is 14.0 Å². The Kier molecular flexibility index (Phi) is 3.74. The number of aromatic nitrogens is 6. The maximum absolute atomic E-state index is 12.7. The lowest BCUT2D eigenvalue weighted by atomic mass is 10.1. The molecule has 0 spiro atoms. The largest absolute Gasteiger partial charge is 0.370 e. The van der Waals surface area contributed by atoms with E-state index >= 15 is 0 Å². The van der Waals surface area contributed by atoms with Gasteiger partial charge in [0.05, 0.1) is 17.6 Å².